The summed E-state index contributed by atoms with van der Waals surface area (Å²) in [5, 5.41) is 3.33. The maximum Gasteiger partial charge on any atom is 0.126 e. The van der Waals surface area contributed by atoms with Crippen LogP contribution in [0.15, 0.2) is 36.4 Å². The Kier molecular flexibility index (Phi) is 4.61. The lowest BCUT2D eigenvalue weighted by Crippen LogP contribution is -2.07. The van der Waals surface area contributed by atoms with E-state index in [9.17, 15) is 0 Å². The largest absolute Gasteiger partial charge is 0.397 e. The van der Waals surface area contributed by atoms with Crippen molar-refractivity contribution in [2.45, 2.75) is 33.1 Å². The van der Waals surface area contributed by atoms with Gasteiger partial charge in [0.1, 0.15) is 5.82 Å². The van der Waals surface area contributed by atoms with Gasteiger partial charge in [-0.3, -0.25) is 0 Å². The molecular formula is C17H23N3. The highest BCUT2D eigenvalue weighted by molar-refractivity contribution is 5.49. The number of nitrogens with one attached hydrogen (secondary N) is 1. The number of aromatic nitrogens is 1. The molecule has 2 rings (SSSR count). The molecule has 0 aliphatic heterocycles. The number of nitrogen functional groups attached to an aromatic ring is 1. The summed E-state index contributed by atoms with van der Waals surface area (Å²) < 4.78 is 0. The third kappa shape index (κ3) is 3.73. The first-order chi connectivity index (χ1) is 9.56. The Labute approximate surface area is 121 Å². The van der Waals surface area contributed by atoms with Crippen LogP contribution in [0.2, 0.25) is 0 Å². The average Bonchev–Trinajstić information content (AvgIpc) is 2.43. The molecule has 0 saturated carbocycles. The molecule has 0 atom stereocenters. The molecule has 3 nitrogen and oxygen atoms in total. The number of hydrogen-bond donors (Lipinski definition) is 2. The summed E-state index contributed by atoms with van der Waals surface area (Å²) in [4.78, 5) is 4.41. The quantitative estimate of drug-likeness (QED) is 0.869. The molecule has 1 heterocycles. The Balaban J connectivity index is 1.87. The van der Waals surface area contributed by atoms with E-state index in [-0.39, 0.29) is 0 Å². The van der Waals surface area contributed by atoms with E-state index in [1.165, 1.54) is 11.1 Å². The third-order valence-corrected chi connectivity index (χ3v) is 3.49. The summed E-state index contributed by atoms with van der Waals surface area (Å²) >= 11 is 0. The van der Waals surface area contributed by atoms with E-state index >= 15 is 0 Å². The molecule has 1 aromatic carbocycles. The molecule has 0 unspecified atom stereocenters. The van der Waals surface area contributed by atoms with Gasteiger partial charge in [0.15, 0.2) is 0 Å². The van der Waals surface area contributed by atoms with Gasteiger partial charge in [0, 0.05) is 6.54 Å². The third-order valence-electron chi connectivity index (χ3n) is 3.49. The van der Waals surface area contributed by atoms with Crippen molar-refractivity contribution in [3.05, 3.63) is 53.2 Å². The average molecular weight is 269 g/mol. The minimum atomic E-state index is 0.587. The first-order valence-electron chi connectivity index (χ1n) is 7.12. The van der Waals surface area contributed by atoms with E-state index in [1.807, 2.05) is 19.1 Å². The van der Waals surface area contributed by atoms with Gasteiger partial charge in [-0.2, -0.15) is 0 Å². The second-order valence-corrected chi connectivity index (χ2v) is 5.44. The smallest absolute Gasteiger partial charge is 0.126 e. The van der Waals surface area contributed by atoms with Crippen LogP contribution in [0, 0.1) is 6.92 Å². The van der Waals surface area contributed by atoms with Gasteiger partial charge in [0.05, 0.1) is 11.4 Å². The Hall–Kier alpha value is -2.03. The van der Waals surface area contributed by atoms with Gasteiger partial charge in [-0.1, -0.05) is 38.1 Å². The number of hydrogen-bond acceptors (Lipinski definition) is 3. The lowest BCUT2D eigenvalue weighted by Gasteiger charge is -2.09. The van der Waals surface area contributed by atoms with Crippen molar-refractivity contribution in [3.63, 3.8) is 0 Å². The number of benzene rings is 1. The Morgan fingerprint density at radius 1 is 1.10 bits per heavy atom. The number of pyridine rings is 1. The van der Waals surface area contributed by atoms with Crippen molar-refractivity contribution in [2.24, 2.45) is 0 Å². The van der Waals surface area contributed by atoms with E-state index in [0.717, 1.165) is 30.2 Å². The second kappa shape index (κ2) is 6.42. The van der Waals surface area contributed by atoms with Gasteiger partial charge in [-0.05, 0) is 42.5 Å². The number of anilines is 2. The van der Waals surface area contributed by atoms with Crippen LogP contribution in [-0.2, 0) is 6.42 Å². The molecule has 20 heavy (non-hydrogen) atoms. The van der Waals surface area contributed by atoms with Crippen molar-refractivity contribution in [2.75, 3.05) is 17.6 Å². The summed E-state index contributed by atoms with van der Waals surface area (Å²) in [6.07, 6.45) is 0.990. The zero-order valence-electron chi connectivity index (χ0n) is 12.5. The zero-order chi connectivity index (χ0) is 14.5. The molecular weight excluding hydrogens is 246 g/mol. The van der Waals surface area contributed by atoms with Crippen molar-refractivity contribution in [3.8, 4) is 0 Å². The van der Waals surface area contributed by atoms with Crippen LogP contribution >= 0.6 is 0 Å². The minimum absolute atomic E-state index is 0.587. The number of aryl methyl sites for hydroxylation is 1. The predicted octanol–water partition coefficient (Wildman–Crippen LogP) is 3.75. The maximum absolute atomic E-state index is 5.76. The predicted molar refractivity (Wildman–Crippen MR) is 86.1 cm³/mol. The van der Waals surface area contributed by atoms with E-state index in [0.29, 0.717) is 5.92 Å². The molecule has 106 valence electrons. The van der Waals surface area contributed by atoms with Crippen LogP contribution in [0.1, 0.15) is 36.6 Å². The van der Waals surface area contributed by atoms with Gasteiger partial charge >= 0.3 is 0 Å². The molecule has 3 heteroatoms. The summed E-state index contributed by atoms with van der Waals surface area (Å²) in [6, 6.07) is 12.7. The molecule has 0 radical (unpaired) electrons. The van der Waals surface area contributed by atoms with Crippen LogP contribution < -0.4 is 11.1 Å². The van der Waals surface area contributed by atoms with E-state index in [4.69, 9.17) is 5.73 Å². The van der Waals surface area contributed by atoms with Crippen LogP contribution in [-0.4, -0.2) is 11.5 Å². The minimum Gasteiger partial charge on any atom is -0.397 e. The van der Waals surface area contributed by atoms with Crippen LogP contribution in [0.5, 0.6) is 0 Å². The summed E-state index contributed by atoms with van der Waals surface area (Å²) in [7, 11) is 0. The fourth-order valence-electron chi connectivity index (χ4n) is 2.07. The number of rotatable bonds is 5. The van der Waals surface area contributed by atoms with Gasteiger partial charge in [0.2, 0.25) is 0 Å². The summed E-state index contributed by atoms with van der Waals surface area (Å²) in [6.45, 7) is 7.22. The van der Waals surface area contributed by atoms with Gasteiger partial charge in [0.25, 0.3) is 0 Å². The highest BCUT2D eigenvalue weighted by atomic mass is 15.0. The highest BCUT2D eigenvalue weighted by Gasteiger charge is 2.00. The van der Waals surface area contributed by atoms with Gasteiger partial charge < -0.3 is 11.1 Å². The molecule has 0 fully saturated rings. The molecule has 0 saturated heterocycles. The van der Waals surface area contributed by atoms with Crippen molar-refractivity contribution < 1.29 is 0 Å². The topological polar surface area (TPSA) is 50.9 Å². The van der Waals surface area contributed by atoms with Crippen molar-refractivity contribution in [1.82, 2.24) is 4.98 Å². The van der Waals surface area contributed by atoms with E-state index in [1.54, 1.807) is 0 Å². The second-order valence-electron chi connectivity index (χ2n) is 5.44. The molecule has 2 aromatic rings. The highest BCUT2D eigenvalue weighted by Crippen LogP contribution is 2.15. The lowest BCUT2D eigenvalue weighted by atomic mass is 10.0. The number of nitrogens with two attached hydrogens (primary N) is 1. The van der Waals surface area contributed by atoms with E-state index in [2.05, 4.69) is 48.4 Å². The Bertz CT molecular complexity index is 559. The molecule has 0 aliphatic rings. The number of nitrogens with zero attached hydrogens (tertiary/aromatic N) is 1. The maximum atomic E-state index is 5.76. The monoisotopic (exact) mass is 269 g/mol. The van der Waals surface area contributed by atoms with Crippen LogP contribution in [0.25, 0.3) is 0 Å². The zero-order valence-corrected chi connectivity index (χ0v) is 12.5. The fourth-order valence-corrected chi connectivity index (χ4v) is 2.07. The Morgan fingerprint density at radius 3 is 2.40 bits per heavy atom. The van der Waals surface area contributed by atoms with Crippen LogP contribution in [0.4, 0.5) is 11.5 Å². The van der Waals surface area contributed by atoms with Gasteiger partial charge in [-0.25, -0.2) is 4.98 Å². The molecule has 1 aromatic heterocycles. The summed E-state index contributed by atoms with van der Waals surface area (Å²) in [5.41, 5.74) is 10.1. The standard InChI is InChI=1S/C17H23N3/c1-12(2)15-6-4-14(5-7-15)10-11-19-17-9-8-16(18)13(3)20-17/h4-9,12H,10-11,18H2,1-3H3,(H,19,20). The first-order valence-corrected chi connectivity index (χ1v) is 7.12. The lowest BCUT2D eigenvalue weighted by molar-refractivity contribution is 0.864. The van der Waals surface area contributed by atoms with E-state index < -0.39 is 0 Å². The van der Waals surface area contributed by atoms with Crippen molar-refractivity contribution >= 4 is 11.5 Å². The molecule has 0 aliphatic carbocycles. The fraction of sp³-hybridized carbons (Fsp3) is 0.353. The normalized spacial score (nSPS) is 10.8. The molecule has 3 N–H and O–H groups in total. The van der Waals surface area contributed by atoms with Crippen molar-refractivity contribution in [1.29, 1.82) is 0 Å². The van der Waals surface area contributed by atoms with Crippen LogP contribution in [0.3, 0.4) is 0 Å². The first kappa shape index (κ1) is 14.4. The molecule has 0 spiro atoms. The summed E-state index contributed by atoms with van der Waals surface area (Å²) in [5.74, 6) is 1.47. The van der Waals surface area contributed by atoms with Gasteiger partial charge in [-0.15, -0.1) is 0 Å². The molecule has 0 amide bonds. The Morgan fingerprint density at radius 2 is 1.80 bits per heavy atom. The SMILES string of the molecule is Cc1nc(NCCc2ccc(C(C)C)cc2)ccc1N. The molecule has 0 bridgehead atoms.